The van der Waals surface area contributed by atoms with Crippen molar-refractivity contribution in [1.29, 1.82) is 0 Å². The molecule has 2 fully saturated rings. The van der Waals surface area contributed by atoms with Gasteiger partial charge in [0.2, 0.25) is 0 Å². The highest BCUT2D eigenvalue weighted by Crippen LogP contribution is 2.38. The first-order chi connectivity index (χ1) is 6.79. The molecule has 0 radical (unpaired) electrons. The summed E-state index contributed by atoms with van der Waals surface area (Å²) in [6.07, 6.45) is 7.70. The van der Waals surface area contributed by atoms with E-state index in [1.807, 2.05) is 0 Å². The van der Waals surface area contributed by atoms with Crippen molar-refractivity contribution in [2.45, 2.75) is 38.2 Å². The van der Waals surface area contributed by atoms with Crippen molar-refractivity contribution in [2.24, 2.45) is 5.92 Å². The number of carbonyl (C=O) groups is 1. The van der Waals surface area contributed by atoms with Crippen molar-refractivity contribution in [3.05, 3.63) is 11.8 Å². The van der Waals surface area contributed by atoms with Gasteiger partial charge in [0.1, 0.15) is 11.9 Å². The average Bonchev–Trinajstić information content (AvgIpc) is 2.59. The molecule has 1 aliphatic heterocycles. The second-order valence-corrected chi connectivity index (χ2v) is 4.04. The number of fused-ring (bicyclic) bond motifs is 1. The lowest BCUT2D eigenvalue weighted by Crippen LogP contribution is -2.19. The zero-order valence-electron chi connectivity index (χ0n) is 8.49. The van der Waals surface area contributed by atoms with Crippen molar-refractivity contribution >= 4 is 5.97 Å². The van der Waals surface area contributed by atoms with E-state index < -0.39 is 0 Å². The number of rotatable bonds is 1. The van der Waals surface area contributed by atoms with E-state index in [-0.39, 0.29) is 5.97 Å². The zero-order chi connectivity index (χ0) is 9.97. The first-order valence-electron chi connectivity index (χ1n) is 5.25. The molecule has 0 aromatic carbocycles. The fourth-order valence-corrected chi connectivity index (χ4v) is 2.35. The third-order valence-electron chi connectivity index (χ3n) is 3.09. The molecule has 14 heavy (non-hydrogen) atoms. The number of hydrogen-bond acceptors (Lipinski definition) is 3. The molecule has 1 saturated heterocycles. The average molecular weight is 196 g/mol. The molecule has 0 spiro atoms. The van der Waals surface area contributed by atoms with Gasteiger partial charge in [0, 0.05) is 12.3 Å². The second-order valence-electron chi connectivity index (χ2n) is 4.04. The van der Waals surface area contributed by atoms with Crippen LogP contribution in [0.1, 0.15) is 32.1 Å². The predicted molar refractivity (Wildman–Crippen MR) is 51.5 cm³/mol. The molecule has 2 aliphatic rings. The van der Waals surface area contributed by atoms with E-state index >= 15 is 0 Å². The lowest BCUT2D eigenvalue weighted by molar-refractivity contribution is -0.135. The number of allylic oxidation sites excluding steroid dienone is 1. The van der Waals surface area contributed by atoms with Gasteiger partial charge in [-0.25, -0.2) is 4.79 Å². The van der Waals surface area contributed by atoms with E-state index in [0.717, 1.165) is 18.6 Å². The highest BCUT2D eigenvalue weighted by molar-refractivity contribution is 5.82. The summed E-state index contributed by atoms with van der Waals surface area (Å²) in [5.41, 5.74) is 0. The van der Waals surface area contributed by atoms with Crippen molar-refractivity contribution in [3.63, 3.8) is 0 Å². The summed E-state index contributed by atoms with van der Waals surface area (Å²) in [5, 5.41) is 0. The van der Waals surface area contributed by atoms with Crippen LogP contribution in [-0.4, -0.2) is 19.2 Å². The summed E-state index contributed by atoms with van der Waals surface area (Å²) >= 11 is 0. The van der Waals surface area contributed by atoms with E-state index in [0.29, 0.717) is 12.0 Å². The van der Waals surface area contributed by atoms with Crippen LogP contribution in [0.2, 0.25) is 0 Å². The third-order valence-corrected chi connectivity index (χ3v) is 3.09. The molecule has 2 atom stereocenters. The third kappa shape index (κ3) is 1.91. The Bertz CT molecular complexity index is 241. The molecule has 0 bridgehead atoms. The first-order valence-corrected chi connectivity index (χ1v) is 5.25. The second kappa shape index (κ2) is 4.03. The monoisotopic (exact) mass is 196 g/mol. The molecule has 0 N–H and O–H groups in total. The maximum absolute atomic E-state index is 11.0. The zero-order valence-corrected chi connectivity index (χ0v) is 8.49. The van der Waals surface area contributed by atoms with Crippen LogP contribution in [0.4, 0.5) is 0 Å². The van der Waals surface area contributed by atoms with E-state index in [1.54, 1.807) is 0 Å². The fourth-order valence-electron chi connectivity index (χ4n) is 2.35. The van der Waals surface area contributed by atoms with E-state index in [2.05, 4.69) is 4.74 Å². The van der Waals surface area contributed by atoms with Gasteiger partial charge in [-0.3, -0.25) is 0 Å². The SMILES string of the molecule is COC(=O)/C=C1/C[C@@H]2CCCC[C@H]2O1. The van der Waals surface area contributed by atoms with Crippen molar-refractivity contribution in [3.8, 4) is 0 Å². The van der Waals surface area contributed by atoms with Gasteiger partial charge in [0.25, 0.3) is 0 Å². The number of hydrogen-bond donors (Lipinski definition) is 0. The van der Waals surface area contributed by atoms with E-state index in [4.69, 9.17) is 4.74 Å². The molecule has 3 heteroatoms. The lowest BCUT2D eigenvalue weighted by atomic mass is 9.86. The predicted octanol–water partition coefficient (Wildman–Crippen LogP) is 2.02. The van der Waals surface area contributed by atoms with Crippen LogP contribution in [0.15, 0.2) is 11.8 Å². The quantitative estimate of drug-likeness (QED) is 0.475. The largest absolute Gasteiger partial charge is 0.494 e. The summed E-state index contributed by atoms with van der Waals surface area (Å²) in [4.78, 5) is 11.0. The van der Waals surface area contributed by atoms with Gasteiger partial charge in [0.05, 0.1) is 13.2 Å². The number of carbonyl (C=O) groups excluding carboxylic acids is 1. The van der Waals surface area contributed by atoms with Gasteiger partial charge in [-0.15, -0.1) is 0 Å². The minimum Gasteiger partial charge on any atom is -0.494 e. The number of methoxy groups -OCH3 is 1. The van der Waals surface area contributed by atoms with Crippen LogP contribution < -0.4 is 0 Å². The Morgan fingerprint density at radius 3 is 3.00 bits per heavy atom. The van der Waals surface area contributed by atoms with Crippen LogP contribution in [0, 0.1) is 5.92 Å². The minimum atomic E-state index is -0.307. The number of ether oxygens (including phenoxy) is 2. The summed E-state index contributed by atoms with van der Waals surface area (Å²) in [5.74, 6) is 1.15. The summed E-state index contributed by atoms with van der Waals surface area (Å²) in [7, 11) is 1.39. The summed E-state index contributed by atoms with van der Waals surface area (Å²) in [6.45, 7) is 0. The van der Waals surface area contributed by atoms with Crippen LogP contribution in [0.3, 0.4) is 0 Å². The Labute approximate surface area is 84.1 Å². The van der Waals surface area contributed by atoms with Crippen LogP contribution in [-0.2, 0) is 14.3 Å². The molecular weight excluding hydrogens is 180 g/mol. The van der Waals surface area contributed by atoms with Gasteiger partial charge < -0.3 is 9.47 Å². The molecule has 1 saturated carbocycles. The summed E-state index contributed by atoms with van der Waals surface area (Å²) in [6, 6.07) is 0. The van der Waals surface area contributed by atoms with Crippen molar-refractivity contribution < 1.29 is 14.3 Å². The Balaban J connectivity index is 1.98. The first kappa shape index (κ1) is 9.56. The van der Waals surface area contributed by atoms with Gasteiger partial charge in [-0.1, -0.05) is 6.42 Å². The van der Waals surface area contributed by atoms with Crippen LogP contribution in [0.5, 0.6) is 0 Å². The van der Waals surface area contributed by atoms with Gasteiger partial charge in [0.15, 0.2) is 0 Å². The standard InChI is InChI=1S/C11H16O3/c1-13-11(12)7-9-6-8-4-2-3-5-10(8)14-9/h7-8,10H,2-6H2,1H3/b9-7-/t8-,10+/m0/s1. The molecule has 0 aromatic rings. The molecule has 0 aromatic heterocycles. The van der Waals surface area contributed by atoms with Gasteiger partial charge in [-0.2, -0.15) is 0 Å². The molecule has 2 rings (SSSR count). The Morgan fingerprint density at radius 2 is 2.29 bits per heavy atom. The minimum absolute atomic E-state index is 0.307. The van der Waals surface area contributed by atoms with Crippen LogP contribution >= 0.6 is 0 Å². The normalized spacial score (nSPS) is 33.6. The van der Waals surface area contributed by atoms with Crippen molar-refractivity contribution in [1.82, 2.24) is 0 Å². The fraction of sp³-hybridized carbons (Fsp3) is 0.727. The molecule has 1 heterocycles. The van der Waals surface area contributed by atoms with E-state index in [9.17, 15) is 4.79 Å². The molecule has 1 aliphatic carbocycles. The van der Waals surface area contributed by atoms with Crippen LogP contribution in [0.25, 0.3) is 0 Å². The molecule has 0 amide bonds. The van der Waals surface area contributed by atoms with Gasteiger partial charge >= 0.3 is 5.97 Å². The maximum atomic E-state index is 11.0. The Morgan fingerprint density at radius 1 is 1.50 bits per heavy atom. The Kier molecular flexibility index (Phi) is 2.75. The smallest absolute Gasteiger partial charge is 0.333 e. The lowest BCUT2D eigenvalue weighted by Gasteiger charge is -2.22. The Hall–Kier alpha value is -0.990. The molecule has 3 nitrogen and oxygen atoms in total. The molecule has 0 unspecified atom stereocenters. The summed E-state index contributed by atoms with van der Waals surface area (Å²) < 4.78 is 10.3. The topological polar surface area (TPSA) is 35.5 Å². The van der Waals surface area contributed by atoms with Gasteiger partial charge in [-0.05, 0) is 19.3 Å². The highest BCUT2D eigenvalue weighted by atomic mass is 16.5. The van der Waals surface area contributed by atoms with E-state index in [1.165, 1.54) is 32.4 Å². The highest BCUT2D eigenvalue weighted by Gasteiger charge is 2.34. The molecule has 78 valence electrons. The molecular formula is C11H16O3. The van der Waals surface area contributed by atoms with Crippen molar-refractivity contribution in [2.75, 3.05) is 7.11 Å². The maximum Gasteiger partial charge on any atom is 0.333 e. The number of esters is 1.